The lowest BCUT2D eigenvalue weighted by molar-refractivity contribution is -0.146. The van der Waals surface area contributed by atoms with Crippen molar-refractivity contribution in [2.45, 2.75) is 37.6 Å². The van der Waals surface area contributed by atoms with Crippen LogP contribution in [0, 0.1) is 11.3 Å². The number of aliphatic carboxylic acids is 1. The number of sulfonamides is 1. The monoisotopic (exact) mass is 340 g/mol. The Hall–Kier alpha value is -2.11. The van der Waals surface area contributed by atoms with Crippen molar-refractivity contribution in [3.63, 3.8) is 0 Å². The molecule has 0 aliphatic carbocycles. The molecule has 1 N–H and O–H groups in total. The lowest BCUT2D eigenvalue weighted by Gasteiger charge is -2.33. The summed E-state index contributed by atoms with van der Waals surface area (Å²) >= 11 is 0. The van der Waals surface area contributed by atoms with E-state index in [1.807, 2.05) is 13.0 Å². The van der Waals surface area contributed by atoms with Crippen LogP contribution in [0.5, 0.6) is 5.75 Å². The van der Waals surface area contributed by atoms with E-state index in [0.717, 1.165) is 4.31 Å². The highest BCUT2D eigenvalue weighted by Crippen LogP contribution is 2.26. The van der Waals surface area contributed by atoms with Crippen molar-refractivity contribution in [3.05, 3.63) is 24.3 Å². The Kier molecular flexibility index (Phi) is 6.12. The highest BCUT2D eigenvalue weighted by atomic mass is 32.2. The molecule has 1 rings (SSSR count). The van der Waals surface area contributed by atoms with E-state index in [-0.39, 0.29) is 17.9 Å². The van der Waals surface area contributed by atoms with Crippen LogP contribution in [-0.4, -0.2) is 42.5 Å². The molecule has 23 heavy (non-hydrogen) atoms. The fourth-order valence-corrected chi connectivity index (χ4v) is 3.71. The molecule has 0 unspecified atom stereocenters. The highest BCUT2D eigenvalue weighted by Gasteiger charge is 2.42. The van der Waals surface area contributed by atoms with E-state index in [0.29, 0.717) is 12.4 Å². The van der Waals surface area contributed by atoms with Gasteiger partial charge in [-0.05, 0) is 45.0 Å². The average molecular weight is 340 g/mol. The summed E-state index contributed by atoms with van der Waals surface area (Å²) in [5.41, 5.74) is -1.67. The second-order valence-corrected chi connectivity index (χ2v) is 7.12. The zero-order chi connectivity index (χ0) is 17.7. The summed E-state index contributed by atoms with van der Waals surface area (Å²) in [5.74, 6) is -0.766. The second kappa shape index (κ2) is 7.44. The van der Waals surface area contributed by atoms with Crippen molar-refractivity contribution in [3.8, 4) is 11.8 Å². The molecule has 0 saturated carbocycles. The van der Waals surface area contributed by atoms with Crippen molar-refractivity contribution in [1.82, 2.24) is 4.31 Å². The second-order valence-electron chi connectivity index (χ2n) is 5.25. The van der Waals surface area contributed by atoms with Gasteiger partial charge in [-0.25, -0.2) is 8.42 Å². The summed E-state index contributed by atoms with van der Waals surface area (Å²) in [6, 6.07) is 7.57. The molecular formula is C15H20N2O5S. The Morgan fingerprint density at radius 1 is 1.35 bits per heavy atom. The molecule has 0 aromatic heterocycles. The SMILES string of the molecule is CCOc1ccc(S(=O)(=O)N(CCC#N)C(C)(C)C(=O)O)cc1. The molecule has 0 spiro atoms. The van der Waals surface area contributed by atoms with Gasteiger partial charge in [0.25, 0.3) is 0 Å². The van der Waals surface area contributed by atoms with Crippen molar-refractivity contribution in [2.75, 3.05) is 13.2 Å². The molecule has 0 radical (unpaired) electrons. The molecule has 0 aliphatic rings. The van der Waals surface area contributed by atoms with Crippen LogP contribution in [0.3, 0.4) is 0 Å². The number of nitriles is 1. The van der Waals surface area contributed by atoms with E-state index in [2.05, 4.69) is 0 Å². The maximum Gasteiger partial charge on any atom is 0.324 e. The molecule has 0 saturated heterocycles. The van der Waals surface area contributed by atoms with Crippen LogP contribution in [-0.2, 0) is 14.8 Å². The van der Waals surface area contributed by atoms with Crippen molar-refractivity contribution >= 4 is 16.0 Å². The first-order valence-corrected chi connectivity index (χ1v) is 8.48. The molecule has 0 bridgehead atoms. The van der Waals surface area contributed by atoms with E-state index in [1.54, 1.807) is 0 Å². The zero-order valence-electron chi connectivity index (χ0n) is 13.3. The number of nitrogens with zero attached hydrogens (tertiary/aromatic N) is 2. The quantitative estimate of drug-likeness (QED) is 0.774. The predicted octanol–water partition coefficient (Wildman–Crippen LogP) is 1.85. The van der Waals surface area contributed by atoms with Gasteiger partial charge in [0.15, 0.2) is 0 Å². The van der Waals surface area contributed by atoms with Crippen molar-refractivity contribution in [2.24, 2.45) is 0 Å². The first-order chi connectivity index (χ1) is 10.7. The van der Waals surface area contributed by atoms with Crippen LogP contribution in [0.15, 0.2) is 29.2 Å². The number of hydrogen-bond donors (Lipinski definition) is 1. The minimum atomic E-state index is -4.06. The summed E-state index contributed by atoms with van der Waals surface area (Å²) in [6.07, 6.45) is -0.104. The number of hydrogen-bond acceptors (Lipinski definition) is 5. The number of carbonyl (C=O) groups is 1. The van der Waals surface area contributed by atoms with E-state index in [4.69, 9.17) is 10.00 Å². The van der Waals surface area contributed by atoms with Crippen molar-refractivity contribution in [1.29, 1.82) is 5.26 Å². The van der Waals surface area contributed by atoms with Gasteiger partial charge in [0.2, 0.25) is 10.0 Å². The summed E-state index contributed by atoms with van der Waals surface area (Å²) in [6.45, 7) is 4.64. The van der Waals surface area contributed by atoms with Gasteiger partial charge >= 0.3 is 5.97 Å². The van der Waals surface area contributed by atoms with Gasteiger partial charge in [-0.2, -0.15) is 9.57 Å². The Morgan fingerprint density at radius 3 is 2.35 bits per heavy atom. The molecule has 126 valence electrons. The summed E-state index contributed by atoms with van der Waals surface area (Å²) in [4.78, 5) is 11.4. The lowest BCUT2D eigenvalue weighted by Crippen LogP contribution is -2.53. The molecule has 0 atom stereocenters. The minimum absolute atomic E-state index is 0.0479. The smallest absolute Gasteiger partial charge is 0.324 e. The fraction of sp³-hybridized carbons (Fsp3) is 0.467. The zero-order valence-corrected chi connectivity index (χ0v) is 14.1. The number of rotatable bonds is 8. The van der Waals surface area contributed by atoms with E-state index < -0.39 is 21.5 Å². The summed E-state index contributed by atoms with van der Waals surface area (Å²) < 4.78 is 31.6. The normalized spacial score (nSPS) is 12.0. The Balaban J connectivity index is 3.27. The molecule has 1 aromatic carbocycles. The van der Waals surface area contributed by atoms with Gasteiger partial charge in [-0.15, -0.1) is 0 Å². The Bertz CT molecular complexity index is 690. The first kappa shape index (κ1) is 18.9. The van der Waals surface area contributed by atoms with Crippen molar-refractivity contribution < 1.29 is 23.1 Å². The van der Waals surface area contributed by atoms with E-state index in [9.17, 15) is 18.3 Å². The molecule has 0 amide bonds. The van der Waals surface area contributed by atoms with Crippen LogP contribution >= 0.6 is 0 Å². The number of ether oxygens (including phenoxy) is 1. The van der Waals surface area contributed by atoms with E-state index in [1.165, 1.54) is 38.1 Å². The molecular weight excluding hydrogens is 320 g/mol. The predicted molar refractivity (Wildman–Crippen MR) is 83.4 cm³/mol. The van der Waals surface area contributed by atoms with Crippen LogP contribution in [0.2, 0.25) is 0 Å². The standard InChI is InChI=1S/C15H20N2O5S/c1-4-22-12-6-8-13(9-7-12)23(20,21)17(11-5-10-16)15(2,3)14(18)19/h6-9H,4-5,11H2,1-3H3,(H,18,19). The molecule has 7 nitrogen and oxygen atoms in total. The largest absolute Gasteiger partial charge is 0.494 e. The lowest BCUT2D eigenvalue weighted by atomic mass is 10.1. The average Bonchev–Trinajstić information content (AvgIpc) is 2.48. The summed E-state index contributed by atoms with van der Waals surface area (Å²) in [7, 11) is -4.06. The Morgan fingerprint density at radius 2 is 1.91 bits per heavy atom. The van der Waals surface area contributed by atoms with Gasteiger partial charge < -0.3 is 9.84 Å². The van der Waals surface area contributed by atoms with Gasteiger partial charge in [0, 0.05) is 13.0 Å². The number of carboxylic acids is 1. The molecule has 8 heteroatoms. The van der Waals surface area contributed by atoms with Gasteiger partial charge in [-0.3, -0.25) is 4.79 Å². The fourth-order valence-electron chi connectivity index (χ4n) is 1.96. The number of carboxylic acid groups (broad SMARTS) is 1. The maximum atomic E-state index is 12.8. The van der Waals surface area contributed by atoms with Crippen LogP contribution in [0.25, 0.3) is 0 Å². The molecule has 0 fully saturated rings. The van der Waals surface area contributed by atoms with Crippen LogP contribution in [0.1, 0.15) is 27.2 Å². The van der Waals surface area contributed by atoms with Crippen LogP contribution < -0.4 is 4.74 Å². The number of benzene rings is 1. The Labute approximate surface area is 136 Å². The minimum Gasteiger partial charge on any atom is -0.494 e. The molecule has 1 aromatic rings. The molecule has 0 heterocycles. The van der Waals surface area contributed by atoms with E-state index >= 15 is 0 Å². The van der Waals surface area contributed by atoms with Gasteiger partial charge in [0.05, 0.1) is 17.6 Å². The van der Waals surface area contributed by atoms with Gasteiger partial charge in [-0.1, -0.05) is 0 Å². The molecule has 0 aliphatic heterocycles. The highest BCUT2D eigenvalue weighted by molar-refractivity contribution is 7.89. The van der Waals surface area contributed by atoms with Crippen LogP contribution in [0.4, 0.5) is 0 Å². The topological polar surface area (TPSA) is 108 Å². The third-order valence-electron chi connectivity index (χ3n) is 3.30. The van der Waals surface area contributed by atoms with Gasteiger partial charge in [0.1, 0.15) is 11.3 Å². The first-order valence-electron chi connectivity index (χ1n) is 7.04. The third-order valence-corrected chi connectivity index (χ3v) is 5.38. The third kappa shape index (κ3) is 4.21. The maximum absolute atomic E-state index is 12.8. The summed E-state index contributed by atoms with van der Waals surface area (Å²) in [5, 5.41) is 18.0.